The molecular weight excluding hydrogens is 486 g/mol. The summed E-state index contributed by atoms with van der Waals surface area (Å²) in [6.45, 7) is 15.5. The third kappa shape index (κ3) is 6.60. The summed E-state index contributed by atoms with van der Waals surface area (Å²) < 4.78 is 7.58. The molecule has 38 heavy (non-hydrogen) atoms. The smallest absolute Gasteiger partial charge is 0.408 e. The Morgan fingerprint density at radius 1 is 1.13 bits per heavy atom. The quantitative estimate of drug-likeness (QED) is 0.337. The van der Waals surface area contributed by atoms with E-state index in [0.29, 0.717) is 35.4 Å². The third-order valence-corrected chi connectivity index (χ3v) is 6.12. The van der Waals surface area contributed by atoms with Crippen molar-refractivity contribution in [2.24, 2.45) is 5.92 Å². The van der Waals surface area contributed by atoms with Crippen LogP contribution in [0.4, 0.5) is 10.6 Å². The number of rotatable bonds is 10. The Hall–Kier alpha value is -3.24. The molecule has 1 atom stereocenters. The first kappa shape index (κ1) is 29.3. The molecule has 3 aromatic rings. The van der Waals surface area contributed by atoms with E-state index >= 15 is 0 Å². The Bertz CT molecular complexity index is 1300. The summed E-state index contributed by atoms with van der Waals surface area (Å²) in [5.74, 6) is 0.439. The van der Waals surface area contributed by atoms with Gasteiger partial charge < -0.3 is 24.8 Å². The molecule has 3 rings (SSSR count). The molecule has 0 unspecified atom stereocenters. The van der Waals surface area contributed by atoms with E-state index in [-0.39, 0.29) is 24.9 Å². The number of carbonyl (C=O) groups is 2. The van der Waals surface area contributed by atoms with Crippen molar-refractivity contribution in [3.05, 3.63) is 30.1 Å². The zero-order chi connectivity index (χ0) is 28.4. The molecule has 10 heteroatoms. The fourth-order valence-corrected chi connectivity index (χ4v) is 4.69. The Morgan fingerprint density at radius 3 is 2.34 bits per heavy atom. The number of hydrogen-bond donors (Lipinski definition) is 3. The van der Waals surface area contributed by atoms with Gasteiger partial charge >= 0.3 is 6.09 Å². The molecule has 0 radical (unpaired) electrons. The van der Waals surface area contributed by atoms with Gasteiger partial charge in [-0.3, -0.25) is 9.69 Å². The van der Waals surface area contributed by atoms with E-state index in [9.17, 15) is 19.8 Å². The van der Waals surface area contributed by atoms with Crippen LogP contribution in [-0.4, -0.2) is 65.4 Å². The van der Waals surface area contributed by atoms with Crippen LogP contribution >= 0.6 is 0 Å². The van der Waals surface area contributed by atoms with Crippen LogP contribution in [0.15, 0.2) is 24.3 Å². The zero-order valence-corrected chi connectivity index (χ0v) is 23.7. The third-order valence-electron chi connectivity index (χ3n) is 6.12. The highest BCUT2D eigenvalue weighted by Gasteiger charge is 2.38. The van der Waals surface area contributed by atoms with Crippen LogP contribution in [0, 0.1) is 5.92 Å². The number of ether oxygens (including phenoxy) is 1. The first-order valence-corrected chi connectivity index (χ1v) is 13.0. The summed E-state index contributed by atoms with van der Waals surface area (Å²) in [7, 11) is 0. The summed E-state index contributed by atoms with van der Waals surface area (Å²) >= 11 is 0. The molecule has 0 spiro atoms. The highest BCUT2D eigenvalue weighted by Crippen LogP contribution is 2.32. The van der Waals surface area contributed by atoms with E-state index in [1.54, 1.807) is 34.6 Å². The van der Waals surface area contributed by atoms with Crippen molar-refractivity contribution < 1.29 is 24.5 Å². The topological polar surface area (TPSA) is 130 Å². The molecule has 0 aliphatic rings. The molecular formula is C28H41N5O5. The van der Waals surface area contributed by atoms with Crippen molar-refractivity contribution in [3.8, 4) is 0 Å². The number of nitrogens with zero attached hydrogens (tertiary/aromatic N) is 4. The van der Waals surface area contributed by atoms with Gasteiger partial charge in [0.25, 0.3) is 0 Å². The molecule has 10 nitrogen and oxygen atoms in total. The number of para-hydroxylation sites is 1. The van der Waals surface area contributed by atoms with Gasteiger partial charge in [-0.2, -0.15) is 0 Å². The number of anilines is 1. The van der Waals surface area contributed by atoms with Crippen molar-refractivity contribution >= 4 is 39.8 Å². The SMILES string of the molecule is CCOCc1nc2c(NC(=O)[C@H](CC(C)C)N(C(=O)O)C(C)(C)C)nc3ccccc3c2n1CC(C)(C)O. The largest absolute Gasteiger partial charge is 0.465 e. The lowest BCUT2D eigenvalue weighted by molar-refractivity contribution is -0.123. The van der Waals surface area contributed by atoms with E-state index in [2.05, 4.69) is 5.32 Å². The number of pyridine rings is 1. The number of aromatic nitrogens is 3. The minimum atomic E-state index is -1.16. The molecule has 2 amide bonds. The first-order chi connectivity index (χ1) is 17.6. The number of nitrogens with one attached hydrogen (secondary N) is 1. The average Bonchev–Trinajstić information content (AvgIpc) is 3.12. The normalized spacial score (nSPS) is 13.3. The van der Waals surface area contributed by atoms with E-state index in [1.165, 1.54) is 4.90 Å². The Labute approximate surface area is 224 Å². The lowest BCUT2D eigenvalue weighted by atomic mass is 9.96. The molecule has 3 N–H and O–H groups in total. The van der Waals surface area contributed by atoms with Crippen LogP contribution in [0.3, 0.4) is 0 Å². The number of imidazole rings is 1. The van der Waals surface area contributed by atoms with E-state index in [4.69, 9.17) is 14.7 Å². The molecule has 2 aromatic heterocycles. The van der Waals surface area contributed by atoms with Crippen LogP contribution in [0.5, 0.6) is 0 Å². The van der Waals surface area contributed by atoms with Crippen LogP contribution in [0.25, 0.3) is 21.9 Å². The summed E-state index contributed by atoms with van der Waals surface area (Å²) in [4.78, 5) is 36.8. The van der Waals surface area contributed by atoms with Crippen molar-refractivity contribution in [3.63, 3.8) is 0 Å². The summed E-state index contributed by atoms with van der Waals surface area (Å²) in [6, 6.07) is 6.60. The highest BCUT2D eigenvalue weighted by atomic mass is 16.5. The van der Waals surface area contributed by atoms with Crippen molar-refractivity contribution in [2.75, 3.05) is 11.9 Å². The number of hydrogen-bond acceptors (Lipinski definition) is 6. The van der Waals surface area contributed by atoms with Gasteiger partial charge in [-0.25, -0.2) is 14.8 Å². The summed E-state index contributed by atoms with van der Waals surface area (Å²) in [5, 5.41) is 24.5. The minimum Gasteiger partial charge on any atom is -0.465 e. The molecule has 208 valence electrons. The van der Waals surface area contributed by atoms with Gasteiger partial charge in [0.05, 0.1) is 23.2 Å². The second-order valence-corrected chi connectivity index (χ2v) is 11.7. The minimum absolute atomic E-state index is 0.0725. The van der Waals surface area contributed by atoms with Gasteiger partial charge in [-0.1, -0.05) is 32.0 Å². The fraction of sp³-hybridized carbons (Fsp3) is 0.571. The molecule has 2 heterocycles. The molecule has 0 aliphatic heterocycles. The van der Waals surface area contributed by atoms with Gasteiger partial charge in [-0.15, -0.1) is 0 Å². The van der Waals surface area contributed by atoms with E-state index < -0.39 is 29.2 Å². The molecule has 0 aliphatic carbocycles. The Balaban J connectivity index is 2.22. The first-order valence-electron chi connectivity index (χ1n) is 13.0. The predicted molar refractivity (Wildman–Crippen MR) is 148 cm³/mol. The van der Waals surface area contributed by atoms with Crippen molar-refractivity contribution in [1.82, 2.24) is 19.4 Å². The molecule has 0 bridgehead atoms. The average molecular weight is 528 g/mol. The second-order valence-electron chi connectivity index (χ2n) is 11.7. The van der Waals surface area contributed by atoms with Gasteiger partial charge in [0.1, 0.15) is 24.0 Å². The summed E-state index contributed by atoms with van der Waals surface area (Å²) in [6.07, 6.45) is -0.821. The second kappa shape index (κ2) is 11.2. The van der Waals surface area contributed by atoms with E-state index in [1.807, 2.05) is 49.6 Å². The Kier molecular flexibility index (Phi) is 8.68. The van der Waals surface area contributed by atoms with Crippen LogP contribution in [-0.2, 0) is 22.7 Å². The van der Waals surface area contributed by atoms with Crippen molar-refractivity contribution in [2.45, 2.75) is 92.1 Å². The number of carbonyl (C=O) groups excluding carboxylic acids is 1. The lowest BCUT2D eigenvalue weighted by Gasteiger charge is -2.39. The monoisotopic (exact) mass is 527 g/mol. The van der Waals surface area contributed by atoms with Crippen LogP contribution < -0.4 is 5.32 Å². The fourth-order valence-electron chi connectivity index (χ4n) is 4.69. The number of fused-ring (bicyclic) bond motifs is 3. The highest BCUT2D eigenvalue weighted by molar-refractivity contribution is 6.10. The maximum Gasteiger partial charge on any atom is 0.408 e. The summed E-state index contributed by atoms with van der Waals surface area (Å²) in [5.41, 5.74) is -0.0276. The Morgan fingerprint density at radius 2 is 1.79 bits per heavy atom. The number of aliphatic hydroxyl groups is 1. The van der Waals surface area contributed by atoms with Crippen LogP contribution in [0.1, 0.15) is 67.6 Å². The maximum absolute atomic E-state index is 13.8. The van der Waals surface area contributed by atoms with Gasteiger partial charge in [0.2, 0.25) is 5.91 Å². The van der Waals surface area contributed by atoms with Crippen LogP contribution in [0.2, 0.25) is 0 Å². The molecule has 0 saturated heterocycles. The van der Waals surface area contributed by atoms with Gasteiger partial charge in [0, 0.05) is 17.5 Å². The van der Waals surface area contributed by atoms with Crippen molar-refractivity contribution in [1.29, 1.82) is 0 Å². The van der Waals surface area contributed by atoms with Gasteiger partial charge in [-0.05, 0) is 59.9 Å². The number of benzene rings is 1. The molecule has 0 saturated carbocycles. The zero-order valence-electron chi connectivity index (χ0n) is 23.7. The lowest BCUT2D eigenvalue weighted by Crippen LogP contribution is -2.56. The number of amides is 2. The standard InChI is InChI=1S/C28H41N5O5/c1-9-38-15-21-30-22-23(32(21)16-28(7,8)37)18-12-10-11-13-19(18)29-24(22)31-25(34)20(14-17(2)3)33(26(35)36)27(4,5)6/h10-13,17,20,37H,9,14-16H2,1-8H3,(H,35,36)(H,29,31,34)/t20-/m0/s1. The predicted octanol–water partition coefficient (Wildman–Crippen LogP) is 5.02. The van der Waals surface area contributed by atoms with E-state index in [0.717, 1.165) is 5.39 Å². The van der Waals surface area contributed by atoms with Gasteiger partial charge in [0.15, 0.2) is 5.82 Å². The maximum atomic E-state index is 13.8. The molecule has 0 fully saturated rings. The molecule has 1 aromatic carbocycles. The number of carboxylic acid groups (broad SMARTS) is 1.